The second-order valence-electron chi connectivity index (χ2n) is 4.23. The van der Waals surface area contributed by atoms with E-state index in [9.17, 15) is 0 Å². The maximum atomic E-state index is 6.18. The lowest BCUT2D eigenvalue weighted by molar-refractivity contribution is 0.580. The van der Waals surface area contributed by atoms with E-state index in [0.717, 1.165) is 29.4 Å². The lowest BCUT2D eigenvalue weighted by Gasteiger charge is -2.17. The molecule has 5 heteroatoms. The summed E-state index contributed by atoms with van der Waals surface area (Å²) in [6.07, 6.45) is 2.77. The highest BCUT2D eigenvalue weighted by molar-refractivity contribution is 6.31. The van der Waals surface area contributed by atoms with Gasteiger partial charge in [-0.2, -0.15) is 0 Å². The standard InChI is InChI=1S/C13H17ClN4/c1-3-8-18-13(9-15-17-18)16-10(2)11-6-4-5-7-12(11)14/h4-7,9-10,16H,3,8H2,1-2H3. The summed E-state index contributed by atoms with van der Waals surface area (Å²) in [7, 11) is 0. The van der Waals surface area contributed by atoms with Crippen molar-refractivity contribution in [3.8, 4) is 0 Å². The van der Waals surface area contributed by atoms with E-state index < -0.39 is 0 Å². The van der Waals surface area contributed by atoms with Gasteiger partial charge in [0.1, 0.15) is 5.82 Å². The monoisotopic (exact) mass is 264 g/mol. The third-order valence-electron chi connectivity index (χ3n) is 2.79. The van der Waals surface area contributed by atoms with Gasteiger partial charge in [-0.1, -0.05) is 41.9 Å². The third kappa shape index (κ3) is 2.82. The van der Waals surface area contributed by atoms with Gasteiger partial charge in [-0.05, 0) is 25.0 Å². The zero-order valence-corrected chi connectivity index (χ0v) is 11.4. The van der Waals surface area contributed by atoms with Gasteiger partial charge < -0.3 is 5.32 Å². The Hall–Kier alpha value is -1.55. The van der Waals surface area contributed by atoms with Gasteiger partial charge in [-0.15, -0.1) is 5.10 Å². The Morgan fingerprint density at radius 3 is 2.89 bits per heavy atom. The molecule has 0 aliphatic carbocycles. The molecule has 0 bridgehead atoms. The molecule has 1 aromatic heterocycles. The molecule has 1 atom stereocenters. The number of nitrogens with one attached hydrogen (secondary N) is 1. The summed E-state index contributed by atoms with van der Waals surface area (Å²) in [5, 5.41) is 12.1. The number of nitrogens with zero attached hydrogens (tertiary/aromatic N) is 3. The molecule has 1 aromatic carbocycles. The van der Waals surface area contributed by atoms with Crippen LogP contribution in [-0.2, 0) is 6.54 Å². The first kappa shape index (κ1) is 12.9. The summed E-state index contributed by atoms with van der Waals surface area (Å²) in [5.74, 6) is 0.921. The van der Waals surface area contributed by atoms with Crippen LogP contribution in [0, 0.1) is 0 Å². The SMILES string of the molecule is CCCn1nncc1NC(C)c1ccccc1Cl. The van der Waals surface area contributed by atoms with E-state index in [1.165, 1.54) is 0 Å². The summed E-state index contributed by atoms with van der Waals surface area (Å²) >= 11 is 6.18. The first-order valence-electron chi connectivity index (χ1n) is 6.11. The molecule has 0 saturated carbocycles. The van der Waals surface area contributed by atoms with Crippen molar-refractivity contribution in [1.29, 1.82) is 0 Å². The number of rotatable bonds is 5. The molecule has 96 valence electrons. The summed E-state index contributed by atoms with van der Waals surface area (Å²) in [6, 6.07) is 7.96. The summed E-state index contributed by atoms with van der Waals surface area (Å²) < 4.78 is 1.87. The number of anilines is 1. The van der Waals surface area contributed by atoms with Crippen LogP contribution in [-0.4, -0.2) is 15.0 Å². The van der Waals surface area contributed by atoms with Crippen molar-refractivity contribution >= 4 is 17.4 Å². The zero-order chi connectivity index (χ0) is 13.0. The molecule has 0 saturated heterocycles. The fraction of sp³-hybridized carbons (Fsp3) is 0.385. The van der Waals surface area contributed by atoms with Crippen LogP contribution < -0.4 is 5.32 Å². The summed E-state index contributed by atoms with van der Waals surface area (Å²) in [4.78, 5) is 0. The lowest BCUT2D eigenvalue weighted by Crippen LogP contribution is -2.12. The van der Waals surface area contributed by atoms with Crippen molar-refractivity contribution in [1.82, 2.24) is 15.0 Å². The predicted molar refractivity (Wildman–Crippen MR) is 73.8 cm³/mol. The van der Waals surface area contributed by atoms with Crippen LogP contribution in [0.3, 0.4) is 0 Å². The third-order valence-corrected chi connectivity index (χ3v) is 3.13. The minimum Gasteiger partial charge on any atom is -0.362 e. The van der Waals surface area contributed by atoms with Crippen molar-refractivity contribution < 1.29 is 0 Å². The van der Waals surface area contributed by atoms with Gasteiger partial charge in [-0.25, -0.2) is 4.68 Å². The molecule has 0 aliphatic heterocycles. The van der Waals surface area contributed by atoms with E-state index in [1.54, 1.807) is 6.20 Å². The van der Waals surface area contributed by atoms with Gasteiger partial charge in [0.25, 0.3) is 0 Å². The second-order valence-corrected chi connectivity index (χ2v) is 4.64. The van der Waals surface area contributed by atoms with Crippen molar-refractivity contribution in [3.63, 3.8) is 0 Å². The largest absolute Gasteiger partial charge is 0.362 e. The Kier molecular flexibility index (Phi) is 4.20. The Bertz CT molecular complexity index is 509. The predicted octanol–water partition coefficient (Wildman–Crippen LogP) is 3.51. The van der Waals surface area contributed by atoms with Crippen molar-refractivity contribution in [2.45, 2.75) is 32.9 Å². The molecule has 2 aromatic rings. The lowest BCUT2D eigenvalue weighted by atomic mass is 10.1. The van der Waals surface area contributed by atoms with Gasteiger partial charge in [0.2, 0.25) is 0 Å². The number of benzene rings is 1. The van der Waals surface area contributed by atoms with Crippen LogP contribution in [0.15, 0.2) is 30.5 Å². The smallest absolute Gasteiger partial charge is 0.145 e. The van der Waals surface area contributed by atoms with Crippen molar-refractivity contribution in [3.05, 3.63) is 41.0 Å². The van der Waals surface area contributed by atoms with E-state index in [-0.39, 0.29) is 6.04 Å². The fourth-order valence-electron chi connectivity index (χ4n) is 1.87. The van der Waals surface area contributed by atoms with Gasteiger partial charge in [0, 0.05) is 11.6 Å². The van der Waals surface area contributed by atoms with Crippen LogP contribution >= 0.6 is 11.6 Å². The van der Waals surface area contributed by atoms with Gasteiger partial charge in [-0.3, -0.25) is 0 Å². The topological polar surface area (TPSA) is 42.7 Å². The number of aromatic nitrogens is 3. The Balaban J connectivity index is 2.14. The van der Waals surface area contributed by atoms with E-state index in [1.807, 2.05) is 28.9 Å². The van der Waals surface area contributed by atoms with E-state index in [2.05, 4.69) is 29.5 Å². The molecule has 1 N–H and O–H groups in total. The highest BCUT2D eigenvalue weighted by atomic mass is 35.5. The molecule has 0 spiro atoms. The molecule has 1 unspecified atom stereocenters. The molecule has 0 fully saturated rings. The first-order chi connectivity index (χ1) is 8.72. The highest BCUT2D eigenvalue weighted by Crippen LogP contribution is 2.25. The van der Waals surface area contributed by atoms with E-state index >= 15 is 0 Å². The van der Waals surface area contributed by atoms with Crippen LogP contribution in [0.4, 0.5) is 5.82 Å². The highest BCUT2D eigenvalue weighted by Gasteiger charge is 2.11. The van der Waals surface area contributed by atoms with Crippen molar-refractivity contribution in [2.75, 3.05) is 5.32 Å². The van der Waals surface area contributed by atoms with Crippen LogP contribution in [0.5, 0.6) is 0 Å². The minimum absolute atomic E-state index is 0.118. The zero-order valence-electron chi connectivity index (χ0n) is 10.6. The molecule has 0 amide bonds. The normalized spacial score (nSPS) is 12.4. The van der Waals surface area contributed by atoms with E-state index in [4.69, 9.17) is 11.6 Å². The number of halogens is 1. The number of hydrogen-bond donors (Lipinski definition) is 1. The second kappa shape index (κ2) is 5.87. The average molecular weight is 265 g/mol. The average Bonchev–Trinajstić information content (AvgIpc) is 2.78. The summed E-state index contributed by atoms with van der Waals surface area (Å²) in [6.45, 7) is 5.05. The molecule has 1 heterocycles. The molecule has 0 radical (unpaired) electrons. The molecular formula is C13H17ClN4. The van der Waals surface area contributed by atoms with Crippen LogP contribution in [0.2, 0.25) is 5.02 Å². The molecule has 2 rings (SSSR count). The van der Waals surface area contributed by atoms with Gasteiger partial charge >= 0.3 is 0 Å². The fourth-order valence-corrected chi connectivity index (χ4v) is 2.17. The molecular weight excluding hydrogens is 248 g/mol. The number of hydrogen-bond acceptors (Lipinski definition) is 3. The molecule has 0 aliphatic rings. The Labute approximate surface area is 112 Å². The molecule has 4 nitrogen and oxygen atoms in total. The maximum absolute atomic E-state index is 6.18. The first-order valence-corrected chi connectivity index (χ1v) is 6.49. The number of aryl methyl sites for hydroxylation is 1. The Morgan fingerprint density at radius 1 is 1.39 bits per heavy atom. The van der Waals surface area contributed by atoms with Crippen LogP contribution in [0.25, 0.3) is 0 Å². The Morgan fingerprint density at radius 2 is 2.17 bits per heavy atom. The summed E-state index contributed by atoms with van der Waals surface area (Å²) in [5.41, 5.74) is 1.07. The minimum atomic E-state index is 0.118. The van der Waals surface area contributed by atoms with Crippen LogP contribution in [0.1, 0.15) is 31.9 Å². The molecule has 18 heavy (non-hydrogen) atoms. The van der Waals surface area contributed by atoms with Crippen molar-refractivity contribution in [2.24, 2.45) is 0 Å². The van der Waals surface area contributed by atoms with E-state index in [0.29, 0.717) is 0 Å². The quantitative estimate of drug-likeness (QED) is 0.899. The van der Waals surface area contributed by atoms with Gasteiger partial charge in [0.05, 0.1) is 12.2 Å². The van der Waals surface area contributed by atoms with Gasteiger partial charge in [0.15, 0.2) is 0 Å². The maximum Gasteiger partial charge on any atom is 0.145 e.